The van der Waals surface area contributed by atoms with Crippen molar-refractivity contribution in [2.24, 2.45) is 0 Å². The van der Waals surface area contributed by atoms with Gasteiger partial charge in [-0.1, -0.05) is 0 Å². The van der Waals surface area contributed by atoms with Gasteiger partial charge in [0.2, 0.25) is 0 Å². The summed E-state index contributed by atoms with van der Waals surface area (Å²) in [6.07, 6.45) is 4.23. The number of esters is 1. The van der Waals surface area contributed by atoms with Crippen molar-refractivity contribution in [3.63, 3.8) is 0 Å². The number of nitrogens with one attached hydrogen (secondary N) is 1. The van der Waals surface area contributed by atoms with Gasteiger partial charge in [-0.3, -0.25) is 9.59 Å². The minimum atomic E-state index is -0.157. The predicted molar refractivity (Wildman–Crippen MR) is 56.2 cm³/mol. The molecule has 4 heteroatoms. The Morgan fingerprint density at radius 1 is 1.53 bits per heavy atom. The second-order valence-corrected chi connectivity index (χ2v) is 3.47. The summed E-state index contributed by atoms with van der Waals surface area (Å²) in [5.41, 5.74) is 0.990. The highest BCUT2D eigenvalue weighted by Crippen LogP contribution is 2.11. The molecule has 0 atom stereocenters. The van der Waals surface area contributed by atoms with E-state index in [-0.39, 0.29) is 11.8 Å². The summed E-state index contributed by atoms with van der Waals surface area (Å²) in [6.45, 7) is 2.95. The van der Waals surface area contributed by atoms with Crippen LogP contribution in [0.15, 0.2) is 11.8 Å². The Labute approximate surface area is 89.7 Å². The fraction of sp³-hybridized carbons (Fsp3) is 0.636. The zero-order valence-corrected chi connectivity index (χ0v) is 9.04. The van der Waals surface area contributed by atoms with Crippen LogP contribution in [0.5, 0.6) is 0 Å². The van der Waals surface area contributed by atoms with Gasteiger partial charge in [-0.25, -0.2) is 0 Å². The number of carbonyl (C=O) groups excluding carboxylic acids is 2. The van der Waals surface area contributed by atoms with Gasteiger partial charge in [-0.05, 0) is 19.8 Å². The lowest BCUT2D eigenvalue weighted by atomic mass is 10.3. The topological polar surface area (TPSA) is 55.4 Å². The molecule has 0 heterocycles. The first kappa shape index (κ1) is 11.8. The molecule has 0 unspecified atom stereocenters. The zero-order chi connectivity index (χ0) is 11.1. The number of carbonyl (C=O) groups is 2. The maximum atomic E-state index is 11.0. The highest BCUT2D eigenvalue weighted by atomic mass is 16.5. The minimum absolute atomic E-state index is 0.157. The van der Waals surface area contributed by atoms with Crippen LogP contribution in [0.25, 0.3) is 0 Å². The summed E-state index contributed by atoms with van der Waals surface area (Å²) in [5.74, 6) is 0.0265. The van der Waals surface area contributed by atoms with Crippen LogP contribution >= 0.6 is 0 Å². The average Bonchev–Trinajstić information content (AvgIpc) is 2.60. The molecule has 0 radical (unpaired) electrons. The lowest BCUT2D eigenvalue weighted by Crippen LogP contribution is -2.15. The summed E-state index contributed by atoms with van der Waals surface area (Å²) < 4.78 is 4.80. The highest BCUT2D eigenvalue weighted by molar-refractivity contribution is 5.92. The predicted octanol–water partition coefficient (Wildman–Crippen LogP) is 1.17. The summed E-state index contributed by atoms with van der Waals surface area (Å²) in [4.78, 5) is 21.9. The van der Waals surface area contributed by atoms with E-state index in [0.717, 1.165) is 25.1 Å². The van der Waals surface area contributed by atoms with E-state index in [1.807, 2.05) is 0 Å². The maximum absolute atomic E-state index is 11.0. The monoisotopic (exact) mass is 211 g/mol. The molecule has 1 rings (SSSR count). The van der Waals surface area contributed by atoms with Crippen molar-refractivity contribution in [1.29, 1.82) is 0 Å². The van der Waals surface area contributed by atoms with Crippen molar-refractivity contribution in [3.05, 3.63) is 11.8 Å². The molecule has 0 spiro atoms. The summed E-state index contributed by atoms with van der Waals surface area (Å²) in [5, 5.41) is 3.14. The van der Waals surface area contributed by atoms with E-state index in [0.29, 0.717) is 19.4 Å². The number of rotatable bonds is 6. The van der Waals surface area contributed by atoms with Gasteiger partial charge >= 0.3 is 5.97 Å². The van der Waals surface area contributed by atoms with Crippen molar-refractivity contribution in [3.8, 4) is 0 Å². The molecule has 0 bridgehead atoms. The van der Waals surface area contributed by atoms with Crippen LogP contribution in [0.3, 0.4) is 0 Å². The SMILES string of the molecule is CCOC(=O)CCCNC1=CC(=O)CC1. The first-order valence-corrected chi connectivity index (χ1v) is 5.35. The third-order valence-corrected chi connectivity index (χ3v) is 2.19. The van der Waals surface area contributed by atoms with Gasteiger partial charge in [0.25, 0.3) is 0 Å². The van der Waals surface area contributed by atoms with Crippen LogP contribution in [0, 0.1) is 0 Å². The Morgan fingerprint density at radius 2 is 2.33 bits per heavy atom. The first-order valence-electron chi connectivity index (χ1n) is 5.35. The van der Waals surface area contributed by atoms with Crippen molar-refractivity contribution >= 4 is 11.8 Å². The van der Waals surface area contributed by atoms with Crippen LogP contribution < -0.4 is 5.32 Å². The van der Waals surface area contributed by atoms with E-state index in [9.17, 15) is 9.59 Å². The molecule has 0 aromatic carbocycles. The second-order valence-electron chi connectivity index (χ2n) is 3.47. The molecular formula is C11H17NO3. The lowest BCUT2D eigenvalue weighted by Gasteiger charge is -2.05. The lowest BCUT2D eigenvalue weighted by molar-refractivity contribution is -0.143. The Hall–Kier alpha value is -1.32. The molecule has 0 fully saturated rings. The average molecular weight is 211 g/mol. The standard InChI is InChI=1S/C11H17NO3/c1-2-15-11(14)4-3-7-12-9-5-6-10(13)8-9/h8,12H,2-7H2,1H3. The molecule has 15 heavy (non-hydrogen) atoms. The summed E-state index contributed by atoms with van der Waals surface area (Å²) in [6, 6.07) is 0. The van der Waals surface area contributed by atoms with E-state index >= 15 is 0 Å². The van der Waals surface area contributed by atoms with Crippen LogP contribution in [0.1, 0.15) is 32.6 Å². The van der Waals surface area contributed by atoms with E-state index in [4.69, 9.17) is 4.74 Å². The van der Waals surface area contributed by atoms with Gasteiger partial charge in [0, 0.05) is 31.2 Å². The number of ether oxygens (including phenoxy) is 1. The molecule has 1 N–H and O–H groups in total. The summed E-state index contributed by atoms with van der Waals surface area (Å²) >= 11 is 0. The first-order chi connectivity index (χ1) is 7.22. The molecule has 0 saturated carbocycles. The molecule has 0 aromatic heterocycles. The van der Waals surface area contributed by atoms with Crippen LogP contribution in [-0.4, -0.2) is 24.9 Å². The molecule has 1 aliphatic rings. The van der Waals surface area contributed by atoms with Crippen molar-refractivity contribution in [2.45, 2.75) is 32.6 Å². The molecule has 0 saturated heterocycles. The Balaban J connectivity index is 2.04. The van der Waals surface area contributed by atoms with E-state index in [1.165, 1.54) is 0 Å². The Morgan fingerprint density at radius 3 is 2.93 bits per heavy atom. The Bertz CT molecular complexity index is 271. The number of allylic oxidation sites excluding steroid dienone is 2. The number of ketones is 1. The second kappa shape index (κ2) is 6.22. The van der Waals surface area contributed by atoms with Gasteiger partial charge < -0.3 is 10.1 Å². The number of hydrogen-bond acceptors (Lipinski definition) is 4. The van der Waals surface area contributed by atoms with E-state index in [1.54, 1.807) is 13.0 Å². The maximum Gasteiger partial charge on any atom is 0.305 e. The van der Waals surface area contributed by atoms with Crippen LogP contribution in [-0.2, 0) is 14.3 Å². The van der Waals surface area contributed by atoms with Gasteiger partial charge in [0.05, 0.1) is 6.61 Å². The zero-order valence-electron chi connectivity index (χ0n) is 9.04. The van der Waals surface area contributed by atoms with E-state index in [2.05, 4.69) is 5.32 Å². The molecule has 0 amide bonds. The molecule has 84 valence electrons. The van der Waals surface area contributed by atoms with Gasteiger partial charge in [-0.15, -0.1) is 0 Å². The van der Waals surface area contributed by atoms with Crippen molar-refractivity contribution in [1.82, 2.24) is 5.32 Å². The van der Waals surface area contributed by atoms with E-state index < -0.39 is 0 Å². The third kappa shape index (κ3) is 4.63. The number of hydrogen-bond donors (Lipinski definition) is 1. The van der Waals surface area contributed by atoms with Gasteiger partial charge in [0.15, 0.2) is 5.78 Å². The normalized spacial score (nSPS) is 15.0. The molecule has 0 aliphatic heterocycles. The molecule has 0 aromatic rings. The molecule has 1 aliphatic carbocycles. The largest absolute Gasteiger partial charge is 0.466 e. The molecule has 4 nitrogen and oxygen atoms in total. The van der Waals surface area contributed by atoms with Crippen molar-refractivity contribution < 1.29 is 14.3 Å². The fourth-order valence-corrected chi connectivity index (χ4v) is 1.45. The smallest absolute Gasteiger partial charge is 0.305 e. The highest BCUT2D eigenvalue weighted by Gasteiger charge is 2.10. The quantitative estimate of drug-likeness (QED) is 0.529. The van der Waals surface area contributed by atoms with Gasteiger partial charge in [-0.2, -0.15) is 0 Å². The fourth-order valence-electron chi connectivity index (χ4n) is 1.45. The minimum Gasteiger partial charge on any atom is -0.466 e. The Kier molecular flexibility index (Phi) is 4.87. The van der Waals surface area contributed by atoms with Crippen LogP contribution in [0.4, 0.5) is 0 Å². The third-order valence-electron chi connectivity index (χ3n) is 2.19. The van der Waals surface area contributed by atoms with Crippen LogP contribution in [0.2, 0.25) is 0 Å². The summed E-state index contributed by atoms with van der Waals surface area (Å²) in [7, 11) is 0. The molecular weight excluding hydrogens is 194 g/mol. The van der Waals surface area contributed by atoms with Crippen molar-refractivity contribution in [2.75, 3.05) is 13.2 Å². The van der Waals surface area contributed by atoms with Gasteiger partial charge in [0.1, 0.15) is 0 Å².